The molecule has 0 radical (unpaired) electrons. The van der Waals surface area contributed by atoms with Crippen molar-refractivity contribution in [1.82, 2.24) is 4.98 Å². The number of aryl methyl sites for hydroxylation is 1. The van der Waals surface area contributed by atoms with Crippen LogP contribution in [0.5, 0.6) is 11.5 Å². The first-order valence-corrected chi connectivity index (χ1v) is 6.29. The molecule has 1 aromatic carbocycles. The van der Waals surface area contributed by atoms with Gasteiger partial charge in [-0.25, -0.2) is 0 Å². The van der Waals surface area contributed by atoms with Crippen molar-refractivity contribution in [2.24, 2.45) is 5.73 Å². The first-order chi connectivity index (χ1) is 9.29. The second kappa shape index (κ2) is 4.90. The number of hydrogen-bond donors (Lipinski definition) is 1. The Kier molecular flexibility index (Phi) is 3.09. The van der Waals surface area contributed by atoms with Crippen LogP contribution in [0.4, 0.5) is 0 Å². The number of fused-ring (bicyclic) bond motifs is 1. The van der Waals surface area contributed by atoms with Crippen LogP contribution in [0.3, 0.4) is 0 Å². The predicted molar refractivity (Wildman–Crippen MR) is 72.4 cm³/mol. The van der Waals surface area contributed by atoms with Gasteiger partial charge in [0.15, 0.2) is 11.5 Å². The van der Waals surface area contributed by atoms with Crippen LogP contribution in [0.2, 0.25) is 0 Å². The average Bonchev–Trinajstić information content (AvgIpc) is 2.88. The molecule has 4 heteroatoms. The van der Waals surface area contributed by atoms with Gasteiger partial charge in [-0.05, 0) is 47.9 Å². The summed E-state index contributed by atoms with van der Waals surface area (Å²) in [4.78, 5) is 4.05. The van der Waals surface area contributed by atoms with E-state index in [0.717, 1.165) is 17.1 Å². The Hall–Kier alpha value is -2.07. The van der Waals surface area contributed by atoms with Gasteiger partial charge in [-0.1, -0.05) is 0 Å². The number of hydrogen-bond acceptors (Lipinski definition) is 4. The molecule has 19 heavy (non-hydrogen) atoms. The molecular formula is C15H16N2O2. The minimum absolute atomic E-state index is 0.150. The Balaban J connectivity index is 2.05. The van der Waals surface area contributed by atoms with E-state index in [4.69, 9.17) is 15.2 Å². The topological polar surface area (TPSA) is 57.4 Å². The van der Waals surface area contributed by atoms with Crippen LogP contribution in [0, 0.1) is 6.92 Å². The summed E-state index contributed by atoms with van der Waals surface area (Å²) in [6, 6.07) is 8.06. The Bertz CT molecular complexity index is 584. The molecule has 0 fully saturated rings. The van der Waals surface area contributed by atoms with Gasteiger partial charge in [0.1, 0.15) is 0 Å². The van der Waals surface area contributed by atoms with Crippen LogP contribution >= 0.6 is 0 Å². The van der Waals surface area contributed by atoms with E-state index < -0.39 is 0 Å². The third-order valence-corrected chi connectivity index (χ3v) is 3.48. The lowest BCUT2D eigenvalue weighted by Crippen LogP contribution is -2.15. The van der Waals surface area contributed by atoms with Gasteiger partial charge in [0.05, 0.1) is 0 Å². The second-order valence-corrected chi connectivity index (χ2v) is 4.63. The highest BCUT2D eigenvalue weighted by Gasteiger charge is 2.20. The quantitative estimate of drug-likeness (QED) is 0.914. The predicted octanol–water partition coefficient (Wildman–Crippen LogP) is 2.21. The monoisotopic (exact) mass is 256 g/mol. The number of aromatic nitrogens is 1. The van der Waals surface area contributed by atoms with E-state index in [1.807, 2.05) is 24.3 Å². The molecule has 0 spiro atoms. The standard InChI is InChI=1S/C15H16N2O2/c1-10-6-14-15(19-9-18-14)7-12(10)13(8-16)11-2-4-17-5-3-11/h2-7,13H,8-9,16H2,1H3. The van der Waals surface area contributed by atoms with E-state index >= 15 is 0 Å². The second-order valence-electron chi connectivity index (χ2n) is 4.63. The van der Waals surface area contributed by atoms with Crippen LogP contribution in [0.15, 0.2) is 36.7 Å². The highest BCUT2D eigenvalue weighted by Crippen LogP contribution is 2.38. The number of pyridine rings is 1. The highest BCUT2D eigenvalue weighted by atomic mass is 16.7. The van der Waals surface area contributed by atoms with E-state index in [2.05, 4.69) is 11.9 Å². The molecule has 0 saturated carbocycles. The van der Waals surface area contributed by atoms with Crippen molar-refractivity contribution in [1.29, 1.82) is 0 Å². The molecule has 0 bridgehead atoms. The highest BCUT2D eigenvalue weighted by molar-refractivity contribution is 5.51. The zero-order valence-electron chi connectivity index (χ0n) is 10.8. The van der Waals surface area contributed by atoms with Gasteiger partial charge in [-0.2, -0.15) is 0 Å². The van der Waals surface area contributed by atoms with Crippen LogP contribution in [-0.2, 0) is 0 Å². The first-order valence-electron chi connectivity index (χ1n) is 6.29. The zero-order chi connectivity index (χ0) is 13.2. The van der Waals surface area contributed by atoms with Crippen molar-refractivity contribution in [2.45, 2.75) is 12.8 Å². The number of nitrogens with zero attached hydrogens (tertiary/aromatic N) is 1. The molecule has 4 nitrogen and oxygen atoms in total. The summed E-state index contributed by atoms with van der Waals surface area (Å²) in [7, 11) is 0. The fourth-order valence-electron chi connectivity index (χ4n) is 2.47. The summed E-state index contributed by atoms with van der Waals surface area (Å²) in [5, 5.41) is 0. The third-order valence-electron chi connectivity index (χ3n) is 3.48. The molecule has 1 aliphatic rings. The van der Waals surface area contributed by atoms with Crippen molar-refractivity contribution in [3.63, 3.8) is 0 Å². The molecule has 0 aliphatic carbocycles. The number of rotatable bonds is 3. The summed E-state index contributed by atoms with van der Waals surface area (Å²) in [6.07, 6.45) is 3.58. The Morgan fingerprint density at radius 1 is 1.21 bits per heavy atom. The van der Waals surface area contributed by atoms with E-state index in [-0.39, 0.29) is 5.92 Å². The van der Waals surface area contributed by atoms with Gasteiger partial charge in [0.25, 0.3) is 0 Å². The van der Waals surface area contributed by atoms with E-state index in [1.165, 1.54) is 11.1 Å². The lowest BCUT2D eigenvalue weighted by atomic mass is 9.89. The maximum atomic E-state index is 5.96. The van der Waals surface area contributed by atoms with Gasteiger partial charge >= 0.3 is 0 Å². The number of ether oxygens (including phenoxy) is 2. The number of nitrogens with two attached hydrogens (primary N) is 1. The van der Waals surface area contributed by atoms with Crippen molar-refractivity contribution >= 4 is 0 Å². The van der Waals surface area contributed by atoms with Crippen LogP contribution in [0.25, 0.3) is 0 Å². The van der Waals surface area contributed by atoms with Crippen LogP contribution in [0.1, 0.15) is 22.6 Å². The minimum atomic E-state index is 0.150. The zero-order valence-corrected chi connectivity index (χ0v) is 10.8. The van der Waals surface area contributed by atoms with Gasteiger partial charge in [-0.3, -0.25) is 4.98 Å². The molecule has 98 valence electrons. The Morgan fingerprint density at radius 2 is 1.89 bits per heavy atom. The van der Waals surface area contributed by atoms with Gasteiger partial charge in [0.2, 0.25) is 6.79 Å². The average molecular weight is 256 g/mol. The first kappa shape index (κ1) is 12.0. The van der Waals surface area contributed by atoms with Crippen LogP contribution < -0.4 is 15.2 Å². The molecule has 1 atom stereocenters. The van der Waals surface area contributed by atoms with Gasteiger partial charge in [-0.15, -0.1) is 0 Å². The third kappa shape index (κ3) is 2.15. The Labute approximate surface area is 112 Å². The normalized spacial score (nSPS) is 14.4. The lowest BCUT2D eigenvalue weighted by Gasteiger charge is -2.18. The molecule has 2 aromatic rings. The summed E-state index contributed by atoms with van der Waals surface area (Å²) >= 11 is 0. The van der Waals surface area contributed by atoms with Gasteiger partial charge < -0.3 is 15.2 Å². The van der Waals surface area contributed by atoms with Crippen molar-refractivity contribution in [2.75, 3.05) is 13.3 Å². The molecular weight excluding hydrogens is 240 g/mol. The van der Waals surface area contributed by atoms with E-state index in [1.54, 1.807) is 12.4 Å². The summed E-state index contributed by atoms with van der Waals surface area (Å²) < 4.78 is 10.8. The van der Waals surface area contributed by atoms with Crippen molar-refractivity contribution < 1.29 is 9.47 Å². The molecule has 2 heterocycles. The maximum absolute atomic E-state index is 5.96. The molecule has 1 unspecified atom stereocenters. The molecule has 1 aromatic heterocycles. The maximum Gasteiger partial charge on any atom is 0.231 e. The molecule has 0 amide bonds. The number of benzene rings is 1. The summed E-state index contributed by atoms with van der Waals surface area (Å²) in [5.41, 5.74) is 9.47. The van der Waals surface area contributed by atoms with Crippen LogP contribution in [-0.4, -0.2) is 18.3 Å². The summed E-state index contributed by atoms with van der Waals surface area (Å²) in [5.74, 6) is 1.76. The molecule has 3 rings (SSSR count). The minimum Gasteiger partial charge on any atom is -0.454 e. The van der Waals surface area contributed by atoms with Gasteiger partial charge in [0, 0.05) is 24.9 Å². The van der Waals surface area contributed by atoms with Crippen molar-refractivity contribution in [3.05, 3.63) is 53.3 Å². The lowest BCUT2D eigenvalue weighted by molar-refractivity contribution is 0.174. The van der Waals surface area contributed by atoms with Crippen molar-refractivity contribution in [3.8, 4) is 11.5 Å². The fourth-order valence-corrected chi connectivity index (χ4v) is 2.47. The Morgan fingerprint density at radius 3 is 2.58 bits per heavy atom. The molecule has 2 N–H and O–H groups in total. The SMILES string of the molecule is Cc1cc2c(cc1C(CN)c1ccncc1)OCO2. The molecule has 1 aliphatic heterocycles. The summed E-state index contributed by atoms with van der Waals surface area (Å²) in [6.45, 7) is 2.91. The largest absolute Gasteiger partial charge is 0.454 e. The molecule has 0 saturated heterocycles. The van der Waals surface area contributed by atoms with E-state index in [9.17, 15) is 0 Å². The smallest absolute Gasteiger partial charge is 0.231 e. The van der Waals surface area contributed by atoms with E-state index in [0.29, 0.717) is 13.3 Å². The fraction of sp³-hybridized carbons (Fsp3) is 0.267.